The second-order valence-electron chi connectivity index (χ2n) is 9.18. The highest BCUT2D eigenvalue weighted by molar-refractivity contribution is 7.14. The zero-order valence-electron chi connectivity index (χ0n) is 15.2. The average molecular weight is 374 g/mol. The SMILES string of the molecule is O=C(COC(=O)c1cc2c(s1)CCC2)NCC12CC3CC(CC(C3)C1)C2. The Morgan fingerprint density at radius 3 is 2.46 bits per heavy atom. The molecule has 1 amide bonds. The van der Waals surface area contributed by atoms with Crippen molar-refractivity contribution in [3.63, 3.8) is 0 Å². The predicted octanol–water partition coefficient (Wildman–Crippen LogP) is 3.73. The number of amides is 1. The molecule has 4 bridgehead atoms. The van der Waals surface area contributed by atoms with Gasteiger partial charge in [0.1, 0.15) is 4.88 Å². The van der Waals surface area contributed by atoms with Crippen LogP contribution in [0.15, 0.2) is 6.07 Å². The van der Waals surface area contributed by atoms with Gasteiger partial charge >= 0.3 is 5.97 Å². The molecule has 1 aromatic rings. The first-order valence-corrected chi connectivity index (χ1v) is 11.0. The van der Waals surface area contributed by atoms with E-state index < -0.39 is 0 Å². The van der Waals surface area contributed by atoms with Crippen LogP contribution in [-0.4, -0.2) is 25.0 Å². The largest absolute Gasteiger partial charge is 0.451 e. The Morgan fingerprint density at radius 1 is 1.12 bits per heavy atom. The van der Waals surface area contributed by atoms with Gasteiger partial charge in [0.25, 0.3) is 5.91 Å². The van der Waals surface area contributed by atoms with Crippen LogP contribution in [0.2, 0.25) is 0 Å². The molecule has 0 saturated heterocycles. The fourth-order valence-corrected chi connectivity index (χ4v) is 7.62. The summed E-state index contributed by atoms with van der Waals surface area (Å²) in [4.78, 5) is 26.4. The summed E-state index contributed by atoms with van der Waals surface area (Å²) in [6.45, 7) is 0.605. The van der Waals surface area contributed by atoms with E-state index in [4.69, 9.17) is 4.74 Å². The van der Waals surface area contributed by atoms with Gasteiger partial charge in [-0.2, -0.15) is 0 Å². The summed E-state index contributed by atoms with van der Waals surface area (Å²) in [6, 6.07) is 1.95. The van der Waals surface area contributed by atoms with Crippen molar-refractivity contribution < 1.29 is 14.3 Å². The van der Waals surface area contributed by atoms with E-state index in [1.807, 2.05) is 6.07 Å². The van der Waals surface area contributed by atoms with Crippen molar-refractivity contribution in [3.8, 4) is 0 Å². The Kier molecular flexibility index (Phi) is 4.11. The molecule has 5 aliphatic carbocycles. The number of rotatable bonds is 5. The molecule has 0 radical (unpaired) electrons. The van der Waals surface area contributed by atoms with Crippen LogP contribution in [0.3, 0.4) is 0 Å². The van der Waals surface area contributed by atoms with E-state index >= 15 is 0 Å². The maximum atomic E-state index is 12.2. The number of esters is 1. The molecular formula is C21H27NO3S. The lowest BCUT2D eigenvalue weighted by Gasteiger charge is -2.56. The molecule has 140 valence electrons. The normalized spacial score (nSPS) is 33.9. The lowest BCUT2D eigenvalue weighted by molar-refractivity contribution is -0.126. The molecule has 5 heteroatoms. The molecule has 26 heavy (non-hydrogen) atoms. The van der Waals surface area contributed by atoms with Crippen molar-refractivity contribution in [1.29, 1.82) is 0 Å². The van der Waals surface area contributed by atoms with Crippen LogP contribution in [0, 0.1) is 23.2 Å². The van der Waals surface area contributed by atoms with E-state index in [2.05, 4.69) is 5.32 Å². The number of hydrogen-bond acceptors (Lipinski definition) is 4. The minimum atomic E-state index is -0.352. The van der Waals surface area contributed by atoms with Gasteiger partial charge in [0, 0.05) is 11.4 Å². The summed E-state index contributed by atoms with van der Waals surface area (Å²) in [5, 5.41) is 3.07. The lowest BCUT2D eigenvalue weighted by atomic mass is 9.49. The molecule has 1 aromatic heterocycles. The summed E-state index contributed by atoms with van der Waals surface area (Å²) in [5.74, 6) is 2.15. The first-order chi connectivity index (χ1) is 12.6. The van der Waals surface area contributed by atoms with Crippen LogP contribution in [0.5, 0.6) is 0 Å². The van der Waals surface area contributed by atoms with Crippen LogP contribution in [0.25, 0.3) is 0 Å². The van der Waals surface area contributed by atoms with Gasteiger partial charge in [-0.25, -0.2) is 4.79 Å². The number of hydrogen-bond donors (Lipinski definition) is 1. The first kappa shape index (κ1) is 16.8. The standard InChI is InChI=1S/C21H27NO3S/c23-19(11-25-20(24)18-7-16-2-1-3-17(16)26-18)22-12-21-8-13-4-14(9-21)6-15(5-13)10-21/h7,13-15H,1-6,8-12H2,(H,22,23). The molecule has 1 heterocycles. The maximum Gasteiger partial charge on any atom is 0.348 e. The maximum absolute atomic E-state index is 12.2. The smallest absolute Gasteiger partial charge is 0.348 e. The van der Waals surface area contributed by atoms with Gasteiger partial charge < -0.3 is 10.1 Å². The highest BCUT2D eigenvalue weighted by Crippen LogP contribution is 2.59. The molecule has 1 N–H and O–H groups in total. The van der Waals surface area contributed by atoms with Gasteiger partial charge in [-0.3, -0.25) is 4.79 Å². The summed E-state index contributed by atoms with van der Waals surface area (Å²) in [7, 11) is 0. The Balaban J connectivity index is 1.11. The Bertz CT molecular complexity index is 681. The van der Waals surface area contributed by atoms with Crippen molar-refractivity contribution in [2.45, 2.75) is 57.8 Å². The zero-order chi connectivity index (χ0) is 17.7. The molecule has 4 fully saturated rings. The molecule has 0 aliphatic heterocycles. The molecule has 0 atom stereocenters. The van der Waals surface area contributed by atoms with Gasteiger partial charge in [-0.1, -0.05) is 0 Å². The van der Waals surface area contributed by atoms with E-state index in [1.165, 1.54) is 66.7 Å². The van der Waals surface area contributed by atoms with Gasteiger partial charge in [-0.05, 0) is 92.6 Å². The Morgan fingerprint density at radius 2 is 1.81 bits per heavy atom. The Hall–Kier alpha value is -1.36. The summed E-state index contributed by atoms with van der Waals surface area (Å²) in [6.07, 6.45) is 11.4. The third kappa shape index (κ3) is 3.08. The number of nitrogens with one attached hydrogen (secondary N) is 1. The summed E-state index contributed by atoms with van der Waals surface area (Å²) in [5.41, 5.74) is 1.61. The zero-order valence-corrected chi connectivity index (χ0v) is 16.0. The number of fused-ring (bicyclic) bond motifs is 1. The van der Waals surface area contributed by atoms with Crippen molar-refractivity contribution in [2.75, 3.05) is 13.2 Å². The third-order valence-electron chi connectivity index (χ3n) is 7.11. The quantitative estimate of drug-likeness (QED) is 0.800. The van der Waals surface area contributed by atoms with E-state index in [9.17, 15) is 9.59 Å². The second kappa shape index (κ2) is 6.36. The minimum Gasteiger partial charge on any atom is -0.451 e. The second-order valence-corrected chi connectivity index (χ2v) is 10.3. The van der Waals surface area contributed by atoms with E-state index in [-0.39, 0.29) is 18.5 Å². The molecule has 0 unspecified atom stereocenters. The molecule has 5 aliphatic rings. The van der Waals surface area contributed by atoms with Gasteiger partial charge in [-0.15, -0.1) is 11.3 Å². The number of carbonyl (C=O) groups is 2. The van der Waals surface area contributed by atoms with Gasteiger partial charge in [0.15, 0.2) is 6.61 Å². The topological polar surface area (TPSA) is 55.4 Å². The fourth-order valence-electron chi connectivity index (χ4n) is 6.48. The molecule has 0 aromatic carbocycles. The van der Waals surface area contributed by atoms with Crippen LogP contribution >= 0.6 is 11.3 Å². The predicted molar refractivity (Wildman–Crippen MR) is 100 cm³/mol. The molecule has 6 rings (SSSR count). The number of aryl methyl sites for hydroxylation is 2. The van der Waals surface area contributed by atoms with E-state index in [1.54, 1.807) is 0 Å². The summed E-state index contributed by atoms with van der Waals surface area (Å²) >= 11 is 1.53. The van der Waals surface area contributed by atoms with Crippen LogP contribution in [0.1, 0.15) is 65.1 Å². The molecule has 0 spiro atoms. The van der Waals surface area contributed by atoms with E-state index in [0.29, 0.717) is 10.3 Å². The molecular weight excluding hydrogens is 346 g/mol. The number of ether oxygens (including phenoxy) is 1. The average Bonchev–Trinajstić information content (AvgIpc) is 3.18. The molecule has 4 saturated carbocycles. The third-order valence-corrected chi connectivity index (χ3v) is 8.32. The minimum absolute atomic E-state index is 0.154. The summed E-state index contributed by atoms with van der Waals surface area (Å²) < 4.78 is 5.26. The van der Waals surface area contributed by atoms with Gasteiger partial charge in [0.2, 0.25) is 0 Å². The molecule has 4 nitrogen and oxygen atoms in total. The van der Waals surface area contributed by atoms with Gasteiger partial charge in [0.05, 0.1) is 0 Å². The Labute approximate surface area is 158 Å². The first-order valence-electron chi connectivity index (χ1n) is 10.1. The van der Waals surface area contributed by atoms with Crippen molar-refractivity contribution in [2.24, 2.45) is 23.2 Å². The van der Waals surface area contributed by atoms with E-state index in [0.717, 1.165) is 37.1 Å². The monoisotopic (exact) mass is 373 g/mol. The van der Waals surface area contributed by atoms with Crippen LogP contribution < -0.4 is 5.32 Å². The fraction of sp³-hybridized carbons (Fsp3) is 0.714. The van der Waals surface area contributed by atoms with Crippen molar-refractivity contribution in [1.82, 2.24) is 5.32 Å². The number of carbonyl (C=O) groups excluding carboxylic acids is 2. The van der Waals surface area contributed by atoms with Crippen molar-refractivity contribution >= 4 is 23.2 Å². The lowest BCUT2D eigenvalue weighted by Crippen LogP contribution is -2.51. The van der Waals surface area contributed by atoms with Crippen LogP contribution in [0.4, 0.5) is 0 Å². The van der Waals surface area contributed by atoms with Crippen LogP contribution in [-0.2, 0) is 22.4 Å². The highest BCUT2D eigenvalue weighted by atomic mass is 32.1. The number of thiophene rings is 1. The van der Waals surface area contributed by atoms with Crippen molar-refractivity contribution in [3.05, 3.63) is 21.4 Å². The highest BCUT2D eigenvalue weighted by Gasteiger charge is 2.50.